The minimum atomic E-state index is -2.95. The van der Waals surface area contributed by atoms with E-state index in [1.165, 1.54) is 6.82 Å². The van der Waals surface area contributed by atoms with Crippen molar-refractivity contribution < 1.29 is 22.0 Å². The molecule has 0 aromatic rings. The summed E-state index contributed by atoms with van der Waals surface area (Å²) in [6.07, 6.45) is -2.95. The van der Waals surface area contributed by atoms with E-state index >= 15 is 0 Å². The van der Waals surface area contributed by atoms with Crippen LogP contribution in [0.3, 0.4) is 0 Å². The summed E-state index contributed by atoms with van der Waals surface area (Å²) in [7, 11) is 0. The molecule has 0 unspecified atom stereocenters. The summed E-state index contributed by atoms with van der Waals surface area (Å²) >= 11 is 0. The van der Waals surface area contributed by atoms with Crippen LogP contribution < -0.4 is 0 Å². The second-order valence-corrected chi connectivity index (χ2v) is 2.39. The molecule has 0 bridgehead atoms. The van der Waals surface area contributed by atoms with Crippen molar-refractivity contribution in [1.82, 2.24) is 0 Å². The van der Waals surface area contributed by atoms with E-state index in [0.717, 1.165) is 6.92 Å². The predicted molar refractivity (Wildman–Crippen MR) is 40.0 cm³/mol. The number of rotatable bonds is 0. The molecule has 0 heterocycles. The fourth-order valence-corrected chi connectivity index (χ4v) is 0.941. The van der Waals surface area contributed by atoms with Crippen molar-refractivity contribution in [2.45, 2.75) is 13.0 Å². The van der Waals surface area contributed by atoms with E-state index in [4.69, 9.17) is 0 Å². The van der Waals surface area contributed by atoms with Gasteiger partial charge in [-0.15, -0.1) is 0 Å². The molecule has 1 aliphatic carbocycles. The second-order valence-electron chi connectivity index (χ2n) is 2.39. The summed E-state index contributed by atoms with van der Waals surface area (Å²) in [5.41, 5.74) is -0.885. The monoisotopic (exact) mass is 194 g/mol. The van der Waals surface area contributed by atoms with Crippen LogP contribution >= 0.6 is 0 Å². The number of hydrogen-bond acceptors (Lipinski definition) is 0. The van der Waals surface area contributed by atoms with E-state index in [2.05, 4.69) is 0 Å². The van der Waals surface area contributed by atoms with Crippen molar-refractivity contribution in [2.24, 2.45) is 0 Å². The molecular weight excluding hydrogens is 190 g/mol. The Morgan fingerprint density at radius 3 is 1.69 bits per heavy atom. The molecule has 1 aliphatic rings. The average Bonchev–Trinajstić information content (AvgIpc) is 2.13. The molecule has 0 spiro atoms. The molecule has 70 valence electrons. The van der Waals surface area contributed by atoms with Crippen LogP contribution in [-0.2, 0) is 0 Å². The van der Waals surface area contributed by atoms with Gasteiger partial charge in [-0.3, -0.25) is 0 Å². The predicted octanol–water partition coefficient (Wildman–Crippen LogP) is 2.56. The summed E-state index contributed by atoms with van der Waals surface area (Å²) < 4.78 is 62.7. The normalized spacial score (nSPS) is 23.8. The Kier molecular flexibility index (Phi) is 2.68. The molecule has 0 aliphatic heterocycles. The molecule has 0 saturated heterocycles. The standard InChI is InChI=1S/C7H4BF5/c1-8-2-3(9)5(11)7(13)6(12)4(2)10/h7H,1H3. The van der Waals surface area contributed by atoms with E-state index in [9.17, 15) is 22.0 Å². The molecular formula is C7H4BF5. The number of hydrogen-bond donors (Lipinski definition) is 0. The molecule has 0 saturated carbocycles. The summed E-state index contributed by atoms with van der Waals surface area (Å²) in [6.45, 7) is 2.02. The zero-order chi connectivity index (χ0) is 10.2. The van der Waals surface area contributed by atoms with Crippen molar-refractivity contribution in [3.8, 4) is 0 Å². The average molecular weight is 194 g/mol. The van der Waals surface area contributed by atoms with Crippen LogP contribution in [0.25, 0.3) is 0 Å². The van der Waals surface area contributed by atoms with E-state index in [1.54, 1.807) is 0 Å². The number of halogens is 5. The third-order valence-corrected chi connectivity index (χ3v) is 1.63. The third-order valence-electron chi connectivity index (χ3n) is 1.63. The van der Waals surface area contributed by atoms with Gasteiger partial charge in [-0.05, 0) is 0 Å². The van der Waals surface area contributed by atoms with Gasteiger partial charge in [-0.25, -0.2) is 0 Å². The van der Waals surface area contributed by atoms with Crippen molar-refractivity contribution in [3.63, 3.8) is 0 Å². The van der Waals surface area contributed by atoms with Gasteiger partial charge >= 0.3 is 70.6 Å². The molecule has 6 heteroatoms. The zero-order valence-corrected chi connectivity index (χ0v) is 6.54. The van der Waals surface area contributed by atoms with E-state index in [0.29, 0.717) is 0 Å². The van der Waals surface area contributed by atoms with Crippen LogP contribution in [0.5, 0.6) is 0 Å². The van der Waals surface area contributed by atoms with Gasteiger partial charge in [0.05, 0.1) is 0 Å². The summed E-state index contributed by atoms with van der Waals surface area (Å²) in [5, 5.41) is 0. The maximum absolute atomic E-state index is 12.7. The van der Waals surface area contributed by atoms with E-state index < -0.39 is 34.9 Å². The van der Waals surface area contributed by atoms with Gasteiger partial charge < -0.3 is 0 Å². The van der Waals surface area contributed by atoms with Gasteiger partial charge in [0.15, 0.2) is 0 Å². The van der Waals surface area contributed by atoms with Gasteiger partial charge in [-0.2, -0.15) is 0 Å². The Morgan fingerprint density at radius 2 is 1.38 bits per heavy atom. The van der Waals surface area contributed by atoms with Crippen LogP contribution in [0.15, 0.2) is 23.3 Å². The summed E-state index contributed by atoms with van der Waals surface area (Å²) in [5.74, 6) is -7.22. The fourth-order valence-electron chi connectivity index (χ4n) is 0.941. The number of alkyl halides is 1. The van der Waals surface area contributed by atoms with Crippen molar-refractivity contribution in [3.05, 3.63) is 23.3 Å². The van der Waals surface area contributed by atoms with E-state index in [1.807, 2.05) is 0 Å². The Bertz CT molecular complexity index is 300. The molecule has 0 amide bonds. The van der Waals surface area contributed by atoms with Gasteiger partial charge in [-0.1, -0.05) is 0 Å². The van der Waals surface area contributed by atoms with Crippen LogP contribution in [0.1, 0.15) is 0 Å². The first kappa shape index (κ1) is 10.1. The molecule has 0 N–H and O–H groups in total. The molecule has 0 radical (unpaired) electrons. The molecule has 0 aromatic carbocycles. The Hall–Kier alpha value is -0.935. The second kappa shape index (κ2) is 3.43. The van der Waals surface area contributed by atoms with Gasteiger partial charge in [0.1, 0.15) is 0 Å². The quantitative estimate of drug-likeness (QED) is 0.410. The third kappa shape index (κ3) is 1.45. The van der Waals surface area contributed by atoms with Crippen LogP contribution in [0.2, 0.25) is 6.82 Å². The molecule has 13 heavy (non-hydrogen) atoms. The van der Waals surface area contributed by atoms with Gasteiger partial charge in [0.25, 0.3) is 0 Å². The Morgan fingerprint density at radius 1 is 1.00 bits per heavy atom. The molecule has 0 atom stereocenters. The van der Waals surface area contributed by atoms with Crippen molar-refractivity contribution in [2.75, 3.05) is 0 Å². The van der Waals surface area contributed by atoms with Crippen LogP contribution in [-0.4, -0.2) is 18.6 Å². The minimum absolute atomic E-state index is 0.829. The summed E-state index contributed by atoms with van der Waals surface area (Å²) in [4.78, 5) is 0. The van der Waals surface area contributed by atoms with Crippen LogP contribution in [0, 0.1) is 0 Å². The first-order valence-corrected chi connectivity index (χ1v) is 3.42. The van der Waals surface area contributed by atoms with E-state index in [-0.39, 0.29) is 0 Å². The summed E-state index contributed by atoms with van der Waals surface area (Å²) in [6, 6.07) is 0. The molecule has 0 fully saturated rings. The Labute approximate surface area is 71.6 Å². The molecule has 0 nitrogen and oxygen atoms in total. The fraction of sp³-hybridized carbons (Fsp3) is 0.286. The van der Waals surface area contributed by atoms with Crippen LogP contribution in [0.4, 0.5) is 22.0 Å². The Balaban J connectivity index is 3.30. The zero-order valence-electron chi connectivity index (χ0n) is 6.54. The topological polar surface area (TPSA) is 0 Å². The van der Waals surface area contributed by atoms with Gasteiger partial charge in [0, 0.05) is 0 Å². The first-order valence-electron chi connectivity index (χ1n) is 3.42. The van der Waals surface area contributed by atoms with Crippen molar-refractivity contribution >= 4 is 12.4 Å². The van der Waals surface area contributed by atoms with Gasteiger partial charge in [0.2, 0.25) is 0 Å². The number of allylic oxidation sites excluding steroid dienone is 4. The SMILES string of the molecule is CB=C1C(F)=C(F)C(F)C(F)=C1F. The molecule has 1 rings (SSSR count). The van der Waals surface area contributed by atoms with Crippen molar-refractivity contribution in [1.29, 1.82) is 0 Å². The first-order chi connectivity index (χ1) is 6.00. The molecule has 0 aromatic heterocycles. The maximum atomic E-state index is 12.7.